The number of carbonyl (C=O) groups excluding carboxylic acids is 1. The van der Waals surface area contributed by atoms with Crippen LogP contribution in [0.25, 0.3) is 0 Å². The van der Waals surface area contributed by atoms with E-state index in [0.29, 0.717) is 23.1 Å². The summed E-state index contributed by atoms with van der Waals surface area (Å²) in [7, 11) is 0. The van der Waals surface area contributed by atoms with Crippen molar-refractivity contribution in [3.63, 3.8) is 0 Å². The molecule has 1 fully saturated rings. The molecule has 1 aliphatic carbocycles. The molecular formula is C16H20N2O3. The van der Waals surface area contributed by atoms with Gasteiger partial charge in [-0.1, -0.05) is 18.4 Å². The van der Waals surface area contributed by atoms with Crippen LogP contribution in [0.2, 0.25) is 0 Å². The number of rotatable bonds is 3. The smallest absolute Gasteiger partial charge is 0.323 e. The third-order valence-corrected chi connectivity index (χ3v) is 4.06. The first-order valence-corrected chi connectivity index (χ1v) is 7.36. The van der Waals surface area contributed by atoms with Gasteiger partial charge in [-0.2, -0.15) is 0 Å². The summed E-state index contributed by atoms with van der Waals surface area (Å²) in [5.74, 6) is 1.99. The fraction of sp³-hybridized carbons (Fsp3) is 0.438. The van der Waals surface area contributed by atoms with Crippen LogP contribution in [0.1, 0.15) is 32.6 Å². The van der Waals surface area contributed by atoms with Crippen LogP contribution < -0.4 is 20.1 Å². The van der Waals surface area contributed by atoms with Gasteiger partial charge < -0.3 is 20.1 Å². The molecule has 0 atom stereocenters. The molecule has 2 N–H and O–H groups in total. The van der Waals surface area contributed by atoms with E-state index in [-0.39, 0.29) is 12.8 Å². The van der Waals surface area contributed by atoms with E-state index in [0.717, 1.165) is 0 Å². The molecule has 2 aliphatic rings. The number of allylic oxidation sites excluding steroid dienone is 1. The number of fused-ring (bicyclic) bond motifs is 1. The molecule has 112 valence electrons. The highest BCUT2D eigenvalue weighted by molar-refractivity contribution is 5.90. The van der Waals surface area contributed by atoms with Gasteiger partial charge in [0.15, 0.2) is 11.5 Å². The summed E-state index contributed by atoms with van der Waals surface area (Å²) in [5, 5.41) is 5.58. The van der Waals surface area contributed by atoms with Crippen molar-refractivity contribution in [2.45, 2.75) is 32.6 Å². The Morgan fingerprint density at radius 3 is 2.81 bits per heavy atom. The van der Waals surface area contributed by atoms with Gasteiger partial charge in [0.25, 0.3) is 0 Å². The number of carbonyl (C=O) groups is 1. The molecule has 5 heteroatoms. The number of benzene rings is 1. The van der Waals surface area contributed by atoms with Crippen molar-refractivity contribution in [3.05, 3.63) is 30.0 Å². The molecule has 3 rings (SSSR count). The standard InChI is InChI=1S/C16H20N2O3/c1-11(12-4-2-3-5-12)9-17-16(19)18-13-6-7-14-15(8-13)21-10-20-14/h6-9,12H,2-5,10H2,1H3,(H2,17,18,19)/b11-9+. The number of hydrogen-bond acceptors (Lipinski definition) is 3. The van der Waals surface area contributed by atoms with Crippen molar-refractivity contribution in [1.29, 1.82) is 0 Å². The monoisotopic (exact) mass is 288 g/mol. The highest BCUT2D eigenvalue weighted by Crippen LogP contribution is 2.34. The number of amides is 2. The summed E-state index contributed by atoms with van der Waals surface area (Å²) >= 11 is 0. The summed E-state index contributed by atoms with van der Waals surface area (Å²) < 4.78 is 10.5. The Balaban J connectivity index is 1.55. The highest BCUT2D eigenvalue weighted by atomic mass is 16.7. The molecule has 0 spiro atoms. The first kappa shape index (κ1) is 13.8. The Kier molecular flexibility index (Phi) is 3.99. The van der Waals surface area contributed by atoms with E-state index >= 15 is 0 Å². The molecule has 5 nitrogen and oxygen atoms in total. The van der Waals surface area contributed by atoms with E-state index in [9.17, 15) is 4.79 Å². The number of nitrogens with one attached hydrogen (secondary N) is 2. The van der Waals surface area contributed by atoms with Crippen LogP contribution in [-0.4, -0.2) is 12.8 Å². The van der Waals surface area contributed by atoms with Gasteiger partial charge in [0.1, 0.15) is 0 Å². The molecule has 0 unspecified atom stereocenters. The third kappa shape index (κ3) is 3.29. The Morgan fingerprint density at radius 1 is 1.24 bits per heavy atom. The summed E-state index contributed by atoms with van der Waals surface area (Å²) in [6, 6.07) is 5.10. The SMILES string of the molecule is C/C(=C\NC(=O)Nc1ccc2c(c1)OCO2)C1CCCC1. The number of ether oxygens (including phenoxy) is 2. The van der Waals surface area contributed by atoms with E-state index in [1.165, 1.54) is 31.3 Å². The summed E-state index contributed by atoms with van der Waals surface area (Å²) in [6.07, 6.45) is 6.86. The van der Waals surface area contributed by atoms with Crippen LogP contribution in [0.5, 0.6) is 11.5 Å². The average molecular weight is 288 g/mol. The molecule has 1 saturated carbocycles. The van der Waals surface area contributed by atoms with E-state index in [2.05, 4.69) is 17.6 Å². The lowest BCUT2D eigenvalue weighted by Crippen LogP contribution is -2.24. The van der Waals surface area contributed by atoms with Crippen LogP contribution in [0.3, 0.4) is 0 Å². The minimum atomic E-state index is -0.244. The largest absolute Gasteiger partial charge is 0.454 e. The molecular weight excluding hydrogens is 268 g/mol. The maximum Gasteiger partial charge on any atom is 0.323 e. The van der Waals surface area contributed by atoms with Crippen LogP contribution in [0.4, 0.5) is 10.5 Å². The van der Waals surface area contributed by atoms with Crippen molar-refractivity contribution in [1.82, 2.24) is 5.32 Å². The molecule has 0 saturated heterocycles. The van der Waals surface area contributed by atoms with Crippen LogP contribution in [0.15, 0.2) is 30.0 Å². The maximum absolute atomic E-state index is 11.9. The van der Waals surface area contributed by atoms with E-state index in [1.807, 2.05) is 6.20 Å². The fourth-order valence-electron chi connectivity index (χ4n) is 2.82. The molecule has 1 aromatic rings. The van der Waals surface area contributed by atoms with Crippen LogP contribution in [-0.2, 0) is 0 Å². The second kappa shape index (κ2) is 6.08. The van der Waals surface area contributed by atoms with Crippen molar-refractivity contribution in [3.8, 4) is 11.5 Å². The molecule has 1 aliphatic heterocycles. The van der Waals surface area contributed by atoms with Crippen molar-refractivity contribution in [2.75, 3.05) is 12.1 Å². The van der Waals surface area contributed by atoms with Gasteiger partial charge in [0, 0.05) is 18.0 Å². The predicted molar refractivity (Wildman–Crippen MR) is 80.4 cm³/mol. The molecule has 2 amide bonds. The molecule has 1 heterocycles. The molecule has 0 bridgehead atoms. The second-order valence-electron chi connectivity index (χ2n) is 5.54. The topological polar surface area (TPSA) is 59.6 Å². The molecule has 0 aromatic heterocycles. The Morgan fingerprint density at radius 2 is 2.00 bits per heavy atom. The third-order valence-electron chi connectivity index (χ3n) is 4.06. The minimum absolute atomic E-state index is 0.230. The summed E-state index contributed by atoms with van der Waals surface area (Å²) in [4.78, 5) is 11.9. The lowest BCUT2D eigenvalue weighted by Gasteiger charge is -2.10. The predicted octanol–water partition coefficient (Wildman–Crippen LogP) is 3.63. The number of anilines is 1. The van der Waals surface area contributed by atoms with Crippen LogP contribution >= 0.6 is 0 Å². The zero-order chi connectivity index (χ0) is 14.7. The van der Waals surface area contributed by atoms with Crippen molar-refractivity contribution < 1.29 is 14.3 Å². The van der Waals surface area contributed by atoms with Gasteiger partial charge in [-0.25, -0.2) is 4.79 Å². The van der Waals surface area contributed by atoms with Gasteiger partial charge in [-0.05, 0) is 37.8 Å². The Hall–Kier alpha value is -2.17. The maximum atomic E-state index is 11.9. The fourth-order valence-corrected chi connectivity index (χ4v) is 2.82. The number of hydrogen-bond donors (Lipinski definition) is 2. The van der Waals surface area contributed by atoms with Crippen molar-refractivity contribution in [2.24, 2.45) is 5.92 Å². The van der Waals surface area contributed by atoms with Crippen molar-refractivity contribution >= 4 is 11.7 Å². The lowest BCUT2D eigenvalue weighted by atomic mass is 10.0. The zero-order valence-electron chi connectivity index (χ0n) is 12.1. The Labute approximate surface area is 124 Å². The number of urea groups is 1. The minimum Gasteiger partial charge on any atom is -0.454 e. The molecule has 0 radical (unpaired) electrons. The zero-order valence-corrected chi connectivity index (χ0v) is 12.1. The van der Waals surface area contributed by atoms with E-state index < -0.39 is 0 Å². The first-order chi connectivity index (χ1) is 10.2. The molecule has 21 heavy (non-hydrogen) atoms. The van der Waals surface area contributed by atoms with Gasteiger partial charge >= 0.3 is 6.03 Å². The van der Waals surface area contributed by atoms with Gasteiger partial charge in [0.05, 0.1) is 0 Å². The first-order valence-electron chi connectivity index (χ1n) is 7.36. The summed E-state index contributed by atoms with van der Waals surface area (Å²) in [6.45, 7) is 2.31. The quantitative estimate of drug-likeness (QED) is 0.893. The summed E-state index contributed by atoms with van der Waals surface area (Å²) in [5.41, 5.74) is 1.93. The lowest BCUT2D eigenvalue weighted by molar-refractivity contribution is 0.174. The van der Waals surface area contributed by atoms with Crippen LogP contribution in [0, 0.1) is 5.92 Å². The normalized spacial score (nSPS) is 17.9. The molecule has 1 aromatic carbocycles. The Bertz CT molecular complexity index is 563. The van der Waals surface area contributed by atoms with E-state index in [4.69, 9.17) is 9.47 Å². The van der Waals surface area contributed by atoms with E-state index in [1.54, 1.807) is 18.2 Å². The van der Waals surface area contributed by atoms with Gasteiger partial charge in [-0.15, -0.1) is 0 Å². The average Bonchev–Trinajstić information content (AvgIpc) is 3.15. The van der Waals surface area contributed by atoms with Gasteiger partial charge in [-0.3, -0.25) is 0 Å². The second-order valence-corrected chi connectivity index (χ2v) is 5.54. The highest BCUT2D eigenvalue weighted by Gasteiger charge is 2.17. The van der Waals surface area contributed by atoms with Gasteiger partial charge in [0.2, 0.25) is 6.79 Å².